The van der Waals surface area contributed by atoms with E-state index in [1.54, 1.807) is 10.9 Å². The van der Waals surface area contributed by atoms with Crippen molar-refractivity contribution in [3.05, 3.63) is 23.5 Å². The highest BCUT2D eigenvalue weighted by atomic mass is 16.5. The number of aryl methyl sites for hydroxylation is 2. The zero-order valence-electron chi connectivity index (χ0n) is 15.0. The molecule has 3 heterocycles. The van der Waals surface area contributed by atoms with Gasteiger partial charge in [0.1, 0.15) is 0 Å². The van der Waals surface area contributed by atoms with Gasteiger partial charge in [0.25, 0.3) is 5.91 Å². The Hall–Kier alpha value is -1.95. The number of fused-ring (bicyclic) bond motifs is 1. The zero-order chi connectivity index (χ0) is 17.4. The molecule has 1 saturated heterocycles. The largest absolute Gasteiger partial charge is 0.375 e. The van der Waals surface area contributed by atoms with Gasteiger partial charge in [0.15, 0.2) is 5.65 Å². The second-order valence-corrected chi connectivity index (χ2v) is 7.57. The Labute approximate surface area is 147 Å². The summed E-state index contributed by atoms with van der Waals surface area (Å²) in [6, 6.07) is 2.04. The van der Waals surface area contributed by atoms with Crippen molar-refractivity contribution < 1.29 is 9.53 Å². The Kier molecular flexibility index (Phi) is 4.23. The molecule has 4 rings (SSSR count). The minimum atomic E-state index is -0.0265. The monoisotopic (exact) mass is 342 g/mol. The van der Waals surface area contributed by atoms with E-state index in [1.807, 2.05) is 20.0 Å². The highest BCUT2D eigenvalue weighted by Gasteiger charge is 2.39. The molecule has 6 heteroatoms. The van der Waals surface area contributed by atoms with Gasteiger partial charge >= 0.3 is 0 Å². The van der Waals surface area contributed by atoms with Crippen molar-refractivity contribution in [2.24, 2.45) is 7.05 Å². The summed E-state index contributed by atoms with van der Waals surface area (Å²) in [5, 5.41) is 8.31. The maximum atomic E-state index is 12.9. The number of hydrogen-bond donors (Lipinski definition) is 1. The van der Waals surface area contributed by atoms with Crippen LogP contribution in [-0.2, 0) is 11.8 Å². The first-order valence-corrected chi connectivity index (χ1v) is 9.31. The molecule has 134 valence electrons. The van der Waals surface area contributed by atoms with E-state index in [0.29, 0.717) is 5.56 Å². The molecule has 0 radical (unpaired) electrons. The summed E-state index contributed by atoms with van der Waals surface area (Å²) in [4.78, 5) is 17.4. The summed E-state index contributed by atoms with van der Waals surface area (Å²) >= 11 is 0. The summed E-state index contributed by atoms with van der Waals surface area (Å²) in [6.45, 7) is 2.65. The molecule has 2 aromatic rings. The van der Waals surface area contributed by atoms with Gasteiger partial charge in [-0.1, -0.05) is 19.3 Å². The predicted octanol–water partition coefficient (Wildman–Crippen LogP) is 2.89. The predicted molar refractivity (Wildman–Crippen MR) is 95.5 cm³/mol. The Morgan fingerprint density at radius 1 is 1.36 bits per heavy atom. The van der Waals surface area contributed by atoms with Crippen LogP contribution in [0, 0.1) is 6.92 Å². The molecule has 1 amide bonds. The molecule has 0 aromatic carbocycles. The van der Waals surface area contributed by atoms with E-state index < -0.39 is 0 Å². The lowest BCUT2D eigenvalue weighted by Gasteiger charge is -2.43. The quantitative estimate of drug-likeness (QED) is 0.911. The first-order chi connectivity index (χ1) is 12.1. The molecule has 25 heavy (non-hydrogen) atoms. The minimum Gasteiger partial charge on any atom is -0.375 e. The second-order valence-electron chi connectivity index (χ2n) is 7.57. The van der Waals surface area contributed by atoms with Crippen LogP contribution in [-0.4, -0.2) is 38.9 Å². The number of nitrogens with zero attached hydrogens (tertiary/aromatic N) is 3. The molecule has 2 aromatic heterocycles. The standard InChI is InChI=1S/C19H26N4O2/c1-13-10-15(16-12-20-23(2)17(16)21-13)18(24)22-14-6-9-25-19(11-14)7-4-3-5-8-19/h10,12,14H,3-9,11H2,1-2H3,(H,22,24)/t14-/m1/s1. The minimum absolute atomic E-state index is 0.00771. The van der Waals surface area contributed by atoms with Gasteiger partial charge < -0.3 is 10.1 Å². The summed E-state index contributed by atoms with van der Waals surface area (Å²) in [7, 11) is 1.85. The fraction of sp³-hybridized carbons (Fsp3) is 0.632. The van der Waals surface area contributed by atoms with E-state index >= 15 is 0 Å². The van der Waals surface area contributed by atoms with Gasteiger partial charge in [-0.25, -0.2) is 4.98 Å². The molecule has 2 fully saturated rings. The van der Waals surface area contributed by atoms with Crippen LogP contribution >= 0.6 is 0 Å². The number of ether oxygens (including phenoxy) is 1. The third kappa shape index (κ3) is 3.15. The molecule has 1 spiro atoms. The Balaban J connectivity index is 1.54. The van der Waals surface area contributed by atoms with Crippen molar-refractivity contribution in [1.29, 1.82) is 0 Å². The van der Waals surface area contributed by atoms with Gasteiger partial charge in [0, 0.05) is 25.4 Å². The molecular formula is C19H26N4O2. The second kappa shape index (κ2) is 6.41. The lowest BCUT2D eigenvalue weighted by molar-refractivity contribution is -0.107. The Bertz CT molecular complexity index is 787. The number of rotatable bonds is 2. The van der Waals surface area contributed by atoms with Crippen molar-refractivity contribution in [1.82, 2.24) is 20.1 Å². The van der Waals surface area contributed by atoms with Crippen LogP contribution in [0.3, 0.4) is 0 Å². The van der Waals surface area contributed by atoms with Crippen LogP contribution in [0.2, 0.25) is 0 Å². The molecular weight excluding hydrogens is 316 g/mol. The van der Waals surface area contributed by atoms with Crippen LogP contribution < -0.4 is 5.32 Å². The maximum absolute atomic E-state index is 12.9. The number of pyridine rings is 1. The third-order valence-corrected chi connectivity index (χ3v) is 5.67. The maximum Gasteiger partial charge on any atom is 0.252 e. The summed E-state index contributed by atoms with van der Waals surface area (Å²) in [5.74, 6) is -0.0265. The lowest BCUT2D eigenvalue weighted by Crippen LogP contribution is -2.49. The van der Waals surface area contributed by atoms with Crippen molar-refractivity contribution in [2.45, 2.75) is 63.5 Å². The number of aromatic nitrogens is 3. The van der Waals surface area contributed by atoms with Gasteiger partial charge in [-0.2, -0.15) is 5.10 Å². The van der Waals surface area contributed by atoms with Gasteiger partial charge in [-0.3, -0.25) is 9.48 Å². The molecule has 1 atom stereocenters. The zero-order valence-corrected chi connectivity index (χ0v) is 15.0. The van der Waals surface area contributed by atoms with Crippen LogP contribution in [0.15, 0.2) is 12.3 Å². The molecule has 1 aliphatic carbocycles. The molecule has 0 unspecified atom stereocenters. The first-order valence-electron chi connectivity index (χ1n) is 9.31. The Morgan fingerprint density at radius 2 is 2.16 bits per heavy atom. The van der Waals surface area contributed by atoms with Crippen molar-refractivity contribution in [3.63, 3.8) is 0 Å². The van der Waals surface area contributed by atoms with E-state index in [1.165, 1.54) is 19.3 Å². The molecule has 1 aliphatic heterocycles. The van der Waals surface area contributed by atoms with E-state index in [-0.39, 0.29) is 17.6 Å². The average molecular weight is 342 g/mol. The van der Waals surface area contributed by atoms with Gasteiger partial charge in [-0.05, 0) is 38.7 Å². The third-order valence-electron chi connectivity index (χ3n) is 5.67. The molecule has 1 N–H and O–H groups in total. The molecule has 2 aliphatic rings. The van der Waals surface area contributed by atoms with E-state index in [2.05, 4.69) is 15.4 Å². The number of hydrogen-bond acceptors (Lipinski definition) is 4. The van der Waals surface area contributed by atoms with Crippen LogP contribution in [0.4, 0.5) is 0 Å². The lowest BCUT2D eigenvalue weighted by atomic mass is 9.78. The summed E-state index contributed by atoms with van der Waals surface area (Å²) in [5.41, 5.74) is 2.24. The topological polar surface area (TPSA) is 69.0 Å². The van der Waals surface area contributed by atoms with E-state index in [9.17, 15) is 4.79 Å². The van der Waals surface area contributed by atoms with E-state index in [0.717, 1.165) is 49.0 Å². The van der Waals surface area contributed by atoms with Gasteiger partial charge in [0.05, 0.1) is 22.7 Å². The summed E-state index contributed by atoms with van der Waals surface area (Å²) < 4.78 is 7.85. The van der Waals surface area contributed by atoms with Crippen LogP contribution in [0.5, 0.6) is 0 Å². The normalized spacial score (nSPS) is 23.0. The first kappa shape index (κ1) is 16.5. The molecule has 1 saturated carbocycles. The van der Waals surface area contributed by atoms with E-state index in [4.69, 9.17) is 4.74 Å². The highest BCUT2D eigenvalue weighted by molar-refractivity contribution is 6.05. The SMILES string of the molecule is Cc1cc(C(=O)N[C@@H]2CCOC3(CCCCC3)C2)c2cnn(C)c2n1. The average Bonchev–Trinajstić information content (AvgIpc) is 2.96. The number of nitrogens with one attached hydrogen (secondary N) is 1. The van der Waals surface area contributed by atoms with Crippen molar-refractivity contribution in [3.8, 4) is 0 Å². The van der Waals surface area contributed by atoms with Crippen LogP contribution in [0.1, 0.15) is 61.0 Å². The number of carbonyl (C=O) groups excluding carboxylic acids is 1. The summed E-state index contributed by atoms with van der Waals surface area (Å²) in [6.07, 6.45) is 9.57. The smallest absolute Gasteiger partial charge is 0.252 e. The Morgan fingerprint density at radius 3 is 2.96 bits per heavy atom. The number of amides is 1. The fourth-order valence-electron chi connectivity index (χ4n) is 4.39. The fourth-order valence-corrected chi connectivity index (χ4v) is 4.39. The van der Waals surface area contributed by atoms with Crippen LogP contribution in [0.25, 0.3) is 11.0 Å². The van der Waals surface area contributed by atoms with Gasteiger partial charge in [0.2, 0.25) is 0 Å². The van der Waals surface area contributed by atoms with Gasteiger partial charge in [-0.15, -0.1) is 0 Å². The van der Waals surface area contributed by atoms with Crippen molar-refractivity contribution >= 4 is 16.9 Å². The highest BCUT2D eigenvalue weighted by Crippen LogP contribution is 2.38. The number of carbonyl (C=O) groups is 1. The molecule has 0 bridgehead atoms. The van der Waals surface area contributed by atoms with Crippen molar-refractivity contribution in [2.75, 3.05) is 6.61 Å². The molecule has 6 nitrogen and oxygen atoms in total.